The van der Waals surface area contributed by atoms with Gasteiger partial charge in [0.1, 0.15) is 12.4 Å². The highest BCUT2D eigenvalue weighted by molar-refractivity contribution is 6.00. The van der Waals surface area contributed by atoms with Gasteiger partial charge in [0.05, 0.1) is 11.3 Å². The topological polar surface area (TPSA) is 62.1 Å². The van der Waals surface area contributed by atoms with Crippen LogP contribution < -0.4 is 4.74 Å². The molecule has 1 atom stereocenters. The Morgan fingerprint density at radius 1 is 1.28 bits per heavy atom. The Kier molecular flexibility index (Phi) is 5.16. The lowest BCUT2D eigenvalue weighted by atomic mass is 10.1. The first-order chi connectivity index (χ1) is 8.52. The molecule has 1 aromatic rings. The molecule has 0 radical (unpaired) electrons. The molecule has 0 spiro atoms. The Bertz CT molecular complexity index is 396. The third kappa shape index (κ3) is 4.04. The second-order valence-electron chi connectivity index (χ2n) is 4.56. The van der Waals surface area contributed by atoms with Crippen molar-refractivity contribution in [3.8, 4) is 5.75 Å². The van der Waals surface area contributed by atoms with Crippen LogP contribution in [-0.4, -0.2) is 28.2 Å². The highest BCUT2D eigenvalue weighted by Gasteiger charge is 2.18. The highest BCUT2D eigenvalue weighted by atomic mass is 16.5. The number of hydrogen-bond donors (Lipinski definition) is 2. The second-order valence-corrected chi connectivity index (χ2v) is 4.56. The summed E-state index contributed by atoms with van der Waals surface area (Å²) in [5, 5.41) is 21.9. The SMILES string of the molecule is CC/C(=N/O)c1ccc(OCC(C)(O)CC)cc1. The molecule has 4 nitrogen and oxygen atoms in total. The van der Waals surface area contributed by atoms with Gasteiger partial charge in [-0.05, 0) is 49.6 Å². The molecule has 0 aromatic heterocycles. The van der Waals surface area contributed by atoms with Gasteiger partial charge in [0.2, 0.25) is 0 Å². The largest absolute Gasteiger partial charge is 0.491 e. The fourth-order valence-electron chi connectivity index (χ4n) is 1.42. The molecule has 0 saturated carbocycles. The zero-order valence-corrected chi connectivity index (χ0v) is 11.2. The summed E-state index contributed by atoms with van der Waals surface area (Å²) in [5.41, 5.74) is 0.705. The second kappa shape index (κ2) is 6.40. The predicted molar refractivity (Wildman–Crippen MR) is 71.5 cm³/mol. The minimum Gasteiger partial charge on any atom is -0.491 e. The van der Waals surface area contributed by atoms with Crippen molar-refractivity contribution >= 4 is 5.71 Å². The Labute approximate surface area is 108 Å². The third-order valence-electron chi connectivity index (χ3n) is 2.95. The zero-order chi connectivity index (χ0) is 13.6. The Morgan fingerprint density at radius 2 is 1.89 bits per heavy atom. The van der Waals surface area contributed by atoms with E-state index in [2.05, 4.69) is 5.16 Å². The zero-order valence-electron chi connectivity index (χ0n) is 11.2. The van der Waals surface area contributed by atoms with Crippen molar-refractivity contribution in [3.05, 3.63) is 29.8 Å². The highest BCUT2D eigenvalue weighted by Crippen LogP contribution is 2.17. The molecular weight excluding hydrogens is 230 g/mol. The summed E-state index contributed by atoms with van der Waals surface area (Å²) in [6, 6.07) is 7.30. The molecule has 1 unspecified atom stereocenters. The third-order valence-corrected chi connectivity index (χ3v) is 2.95. The van der Waals surface area contributed by atoms with Crippen LogP contribution in [0, 0.1) is 0 Å². The van der Waals surface area contributed by atoms with E-state index in [1.54, 1.807) is 6.92 Å². The van der Waals surface area contributed by atoms with Gasteiger partial charge < -0.3 is 15.1 Å². The summed E-state index contributed by atoms with van der Waals surface area (Å²) in [4.78, 5) is 0. The van der Waals surface area contributed by atoms with Crippen LogP contribution in [0.15, 0.2) is 29.4 Å². The van der Waals surface area contributed by atoms with Crippen LogP contribution in [0.4, 0.5) is 0 Å². The van der Waals surface area contributed by atoms with Gasteiger partial charge in [-0.25, -0.2) is 0 Å². The van der Waals surface area contributed by atoms with Gasteiger partial charge in [-0.3, -0.25) is 0 Å². The van der Waals surface area contributed by atoms with E-state index >= 15 is 0 Å². The first-order valence-corrected chi connectivity index (χ1v) is 6.19. The van der Waals surface area contributed by atoms with Gasteiger partial charge in [0.25, 0.3) is 0 Å². The number of nitrogens with zero attached hydrogens (tertiary/aromatic N) is 1. The van der Waals surface area contributed by atoms with Crippen molar-refractivity contribution in [2.75, 3.05) is 6.61 Å². The lowest BCUT2D eigenvalue weighted by molar-refractivity contribution is 0.00847. The molecule has 0 saturated heterocycles. The van der Waals surface area contributed by atoms with Crippen molar-refractivity contribution in [2.24, 2.45) is 5.16 Å². The molecule has 0 aliphatic carbocycles. The van der Waals surface area contributed by atoms with E-state index in [0.717, 1.165) is 5.56 Å². The standard InChI is InChI=1S/C14H21NO3/c1-4-13(15-17)11-6-8-12(9-7-11)18-10-14(3,16)5-2/h6-9,16-17H,4-5,10H2,1-3H3/b15-13-. The summed E-state index contributed by atoms with van der Waals surface area (Å²) in [6.45, 7) is 5.85. The van der Waals surface area contributed by atoms with Gasteiger partial charge in [-0.2, -0.15) is 0 Å². The number of oxime groups is 1. The van der Waals surface area contributed by atoms with Crippen molar-refractivity contribution in [2.45, 2.75) is 39.2 Å². The lowest BCUT2D eigenvalue weighted by Gasteiger charge is -2.21. The van der Waals surface area contributed by atoms with E-state index < -0.39 is 5.60 Å². The Hall–Kier alpha value is -1.55. The fourth-order valence-corrected chi connectivity index (χ4v) is 1.42. The van der Waals surface area contributed by atoms with E-state index in [1.807, 2.05) is 38.1 Å². The van der Waals surface area contributed by atoms with Crippen LogP contribution in [0.25, 0.3) is 0 Å². The lowest BCUT2D eigenvalue weighted by Crippen LogP contribution is -2.31. The number of rotatable bonds is 6. The molecule has 1 rings (SSSR count). The summed E-state index contributed by atoms with van der Waals surface area (Å²) in [6.07, 6.45) is 1.31. The number of aliphatic hydroxyl groups is 1. The molecule has 100 valence electrons. The summed E-state index contributed by atoms with van der Waals surface area (Å²) >= 11 is 0. The van der Waals surface area contributed by atoms with Gasteiger partial charge in [-0.1, -0.05) is 19.0 Å². The molecular formula is C14H21NO3. The molecule has 4 heteroatoms. The first kappa shape index (κ1) is 14.5. The van der Waals surface area contributed by atoms with Crippen molar-refractivity contribution in [1.29, 1.82) is 0 Å². The maximum absolute atomic E-state index is 9.83. The predicted octanol–water partition coefficient (Wildman–Crippen LogP) is 2.81. The maximum Gasteiger partial charge on any atom is 0.119 e. The average molecular weight is 251 g/mol. The van der Waals surface area contributed by atoms with Crippen LogP contribution in [0.1, 0.15) is 39.2 Å². The number of benzene rings is 1. The molecule has 1 aromatic carbocycles. The minimum atomic E-state index is -0.806. The fraction of sp³-hybridized carbons (Fsp3) is 0.500. The number of hydrogen-bond acceptors (Lipinski definition) is 4. The molecule has 0 bridgehead atoms. The van der Waals surface area contributed by atoms with E-state index in [1.165, 1.54) is 0 Å². The summed E-state index contributed by atoms with van der Waals surface area (Å²) in [5.74, 6) is 0.695. The molecule has 0 aliphatic heterocycles. The molecule has 2 N–H and O–H groups in total. The van der Waals surface area contributed by atoms with Crippen LogP contribution in [0.5, 0.6) is 5.75 Å². The first-order valence-electron chi connectivity index (χ1n) is 6.19. The van der Waals surface area contributed by atoms with Crippen LogP contribution in [-0.2, 0) is 0 Å². The molecule has 18 heavy (non-hydrogen) atoms. The summed E-state index contributed by atoms with van der Waals surface area (Å²) < 4.78 is 5.51. The molecule has 0 aliphatic rings. The Balaban J connectivity index is 2.66. The molecule has 0 fully saturated rings. The van der Waals surface area contributed by atoms with Gasteiger partial charge in [-0.15, -0.1) is 0 Å². The Morgan fingerprint density at radius 3 is 2.33 bits per heavy atom. The monoisotopic (exact) mass is 251 g/mol. The average Bonchev–Trinajstić information content (AvgIpc) is 2.39. The van der Waals surface area contributed by atoms with Crippen LogP contribution >= 0.6 is 0 Å². The van der Waals surface area contributed by atoms with Crippen LogP contribution in [0.3, 0.4) is 0 Å². The smallest absolute Gasteiger partial charge is 0.119 e. The molecule has 0 heterocycles. The van der Waals surface area contributed by atoms with Gasteiger partial charge in [0, 0.05) is 0 Å². The molecule has 0 amide bonds. The minimum absolute atomic E-state index is 0.261. The van der Waals surface area contributed by atoms with E-state index in [9.17, 15) is 5.11 Å². The van der Waals surface area contributed by atoms with Crippen molar-refractivity contribution < 1.29 is 15.1 Å². The van der Waals surface area contributed by atoms with E-state index in [-0.39, 0.29) is 6.61 Å². The van der Waals surface area contributed by atoms with Crippen molar-refractivity contribution in [3.63, 3.8) is 0 Å². The van der Waals surface area contributed by atoms with Gasteiger partial charge in [0.15, 0.2) is 0 Å². The quantitative estimate of drug-likeness (QED) is 0.464. The summed E-state index contributed by atoms with van der Waals surface area (Å²) in [7, 11) is 0. The maximum atomic E-state index is 9.83. The van der Waals surface area contributed by atoms with E-state index in [0.29, 0.717) is 24.3 Å². The van der Waals surface area contributed by atoms with E-state index in [4.69, 9.17) is 9.94 Å². The normalized spacial score (nSPS) is 15.2. The van der Waals surface area contributed by atoms with Gasteiger partial charge >= 0.3 is 0 Å². The van der Waals surface area contributed by atoms with Crippen molar-refractivity contribution in [1.82, 2.24) is 0 Å². The van der Waals surface area contributed by atoms with Crippen LogP contribution in [0.2, 0.25) is 0 Å². The number of ether oxygens (including phenoxy) is 1.